The van der Waals surface area contributed by atoms with Crippen LogP contribution in [0, 0.1) is 0 Å². The van der Waals surface area contributed by atoms with Gasteiger partial charge in [0, 0.05) is 6.61 Å². The second-order valence-electron chi connectivity index (χ2n) is 5.86. The van der Waals surface area contributed by atoms with Gasteiger partial charge in [-0.1, -0.05) is 26.7 Å². The minimum absolute atomic E-state index is 0. The molecule has 0 aliphatic carbocycles. The molecule has 0 amide bonds. The summed E-state index contributed by atoms with van der Waals surface area (Å²) in [5, 5.41) is 0. The summed E-state index contributed by atoms with van der Waals surface area (Å²) < 4.78 is 27.6. The van der Waals surface area contributed by atoms with Gasteiger partial charge in [0.05, 0.1) is 33.0 Å². The molecule has 0 atom stereocenters. The van der Waals surface area contributed by atoms with Gasteiger partial charge in [-0.3, -0.25) is 0 Å². The van der Waals surface area contributed by atoms with Crippen LogP contribution in [0.2, 0.25) is 0 Å². The third kappa shape index (κ3) is 8.71. The van der Waals surface area contributed by atoms with E-state index in [1.54, 1.807) is 0 Å². The summed E-state index contributed by atoms with van der Waals surface area (Å²) in [7, 11) is 0. The first-order valence-electron chi connectivity index (χ1n) is 8.99. The predicted molar refractivity (Wildman–Crippen MR) is 99.9 cm³/mol. The molecule has 0 aromatic heterocycles. The molecular formula is C19H31KO5. The molecule has 0 unspecified atom stereocenters. The van der Waals surface area contributed by atoms with E-state index in [0.717, 1.165) is 43.8 Å². The molecule has 1 aliphatic rings. The number of aryl methyl sites for hydroxylation is 1. The molecule has 1 heterocycles. The van der Waals surface area contributed by atoms with Crippen molar-refractivity contribution in [3.8, 4) is 11.5 Å². The van der Waals surface area contributed by atoms with E-state index in [9.17, 15) is 0 Å². The van der Waals surface area contributed by atoms with Crippen molar-refractivity contribution in [1.82, 2.24) is 0 Å². The number of ether oxygens (including phenoxy) is 5. The van der Waals surface area contributed by atoms with Gasteiger partial charge in [-0.25, -0.2) is 0 Å². The fourth-order valence-electron chi connectivity index (χ4n) is 2.53. The van der Waals surface area contributed by atoms with E-state index in [1.807, 2.05) is 6.07 Å². The van der Waals surface area contributed by atoms with Crippen molar-refractivity contribution in [2.45, 2.75) is 46.1 Å². The molecule has 1 aromatic carbocycles. The SMILES string of the molecule is CCCCOCCOCCOCc1cc2c(cc1CCC)OCO2.[KH]. The van der Waals surface area contributed by atoms with E-state index < -0.39 is 0 Å². The van der Waals surface area contributed by atoms with Crippen molar-refractivity contribution in [2.24, 2.45) is 0 Å². The van der Waals surface area contributed by atoms with Crippen molar-refractivity contribution >= 4 is 51.4 Å². The number of hydrogen-bond donors (Lipinski definition) is 0. The minimum atomic E-state index is 0. The molecular weight excluding hydrogens is 347 g/mol. The van der Waals surface area contributed by atoms with Crippen molar-refractivity contribution < 1.29 is 23.7 Å². The van der Waals surface area contributed by atoms with E-state index in [-0.39, 0.29) is 51.4 Å². The Kier molecular flexibility index (Phi) is 13.5. The van der Waals surface area contributed by atoms with Gasteiger partial charge in [0.15, 0.2) is 11.5 Å². The van der Waals surface area contributed by atoms with Crippen LogP contribution in [-0.2, 0) is 27.2 Å². The quantitative estimate of drug-likeness (QED) is 0.390. The standard InChI is InChI=1S/C19H30O5.K.H/c1-3-5-7-20-8-9-21-10-11-22-14-17-13-19-18(23-15-24-19)12-16(17)6-4-2;;/h12-13H,3-11,14-15H2,1-2H3;;. The predicted octanol–water partition coefficient (Wildman–Crippen LogP) is 3.07. The fourth-order valence-corrected chi connectivity index (χ4v) is 2.53. The number of hydrogen-bond acceptors (Lipinski definition) is 5. The first-order valence-corrected chi connectivity index (χ1v) is 8.99. The molecule has 0 saturated carbocycles. The van der Waals surface area contributed by atoms with Crippen LogP contribution in [0.15, 0.2) is 12.1 Å². The van der Waals surface area contributed by atoms with Gasteiger partial charge in [0.25, 0.3) is 0 Å². The normalized spacial score (nSPS) is 12.2. The number of fused-ring (bicyclic) bond motifs is 1. The summed E-state index contributed by atoms with van der Waals surface area (Å²) in [5.74, 6) is 1.66. The summed E-state index contributed by atoms with van der Waals surface area (Å²) in [4.78, 5) is 0. The number of unbranched alkanes of at least 4 members (excludes halogenated alkanes) is 1. The zero-order valence-corrected chi connectivity index (χ0v) is 15.0. The topological polar surface area (TPSA) is 46.2 Å². The van der Waals surface area contributed by atoms with Crippen molar-refractivity contribution in [2.75, 3.05) is 39.8 Å². The molecule has 25 heavy (non-hydrogen) atoms. The van der Waals surface area contributed by atoms with E-state index in [0.29, 0.717) is 39.8 Å². The summed E-state index contributed by atoms with van der Waals surface area (Å²) in [5.41, 5.74) is 2.44. The van der Waals surface area contributed by atoms with E-state index in [2.05, 4.69) is 19.9 Å². The van der Waals surface area contributed by atoms with Gasteiger partial charge in [-0.05, 0) is 36.1 Å². The van der Waals surface area contributed by atoms with Gasteiger partial charge >= 0.3 is 51.4 Å². The average Bonchev–Trinajstić information content (AvgIpc) is 3.04. The fraction of sp³-hybridized carbons (Fsp3) is 0.684. The Bertz CT molecular complexity index is 481. The first kappa shape index (κ1) is 23.4. The van der Waals surface area contributed by atoms with Crippen LogP contribution in [0.25, 0.3) is 0 Å². The molecule has 0 fully saturated rings. The molecule has 0 spiro atoms. The van der Waals surface area contributed by atoms with Crippen LogP contribution in [0.5, 0.6) is 11.5 Å². The molecule has 1 aromatic rings. The molecule has 0 saturated heterocycles. The Labute approximate surface area is 194 Å². The molecule has 6 heteroatoms. The van der Waals surface area contributed by atoms with E-state index in [4.69, 9.17) is 23.7 Å². The van der Waals surface area contributed by atoms with Gasteiger partial charge < -0.3 is 23.7 Å². The second-order valence-corrected chi connectivity index (χ2v) is 5.86. The monoisotopic (exact) mass is 378 g/mol. The molecule has 138 valence electrons. The Morgan fingerprint density at radius 2 is 1.40 bits per heavy atom. The van der Waals surface area contributed by atoms with Crippen LogP contribution in [0.1, 0.15) is 44.2 Å². The van der Waals surface area contributed by atoms with Crippen LogP contribution in [0.3, 0.4) is 0 Å². The Hall–Kier alpha value is 0.336. The summed E-state index contributed by atoms with van der Waals surface area (Å²) in [6, 6.07) is 4.12. The van der Waals surface area contributed by atoms with Crippen LogP contribution in [-0.4, -0.2) is 91.2 Å². The van der Waals surface area contributed by atoms with Gasteiger partial charge in [0.1, 0.15) is 0 Å². The van der Waals surface area contributed by atoms with Crippen molar-refractivity contribution in [3.63, 3.8) is 0 Å². The average molecular weight is 379 g/mol. The van der Waals surface area contributed by atoms with E-state index in [1.165, 1.54) is 11.1 Å². The molecule has 0 N–H and O–H groups in total. The number of benzene rings is 1. The molecule has 0 bridgehead atoms. The van der Waals surface area contributed by atoms with Gasteiger partial charge in [-0.15, -0.1) is 0 Å². The zero-order valence-electron chi connectivity index (χ0n) is 15.0. The first-order chi connectivity index (χ1) is 11.8. The summed E-state index contributed by atoms with van der Waals surface area (Å²) >= 11 is 0. The Balaban J connectivity index is 0.00000312. The molecule has 2 rings (SSSR count). The third-order valence-electron chi connectivity index (χ3n) is 3.86. The molecule has 0 radical (unpaired) electrons. The van der Waals surface area contributed by atoms with Crippen molar-refractivity contribution in [3.05, 3.63) is 23.3 Å². The maximum atomic E-state index is 5.75. The van der Waals surface area contributed by atoms with Gasteiger partial charge in [-0.2, -0.15) is 0 Å². The zero-order chi connectivity index (χ0) is 17.0. The van der Waals surface area contributed by atoms with Crippen LogP contribution < -0.4 is 9.47 Å². The number of rotatable bonds is 13. The van der Waals surface area contributed by atoms with Gasteiger partial charge in [0.2, 0.25) is 6.79 Å². The Morgan fingerprint density at radius 3 is 2.04 bits per heavy atom. The Morgan fingerprint density at radius 1 is 0.800 bits per heavy atom. The van der Waals surface area contributed by atoms with Crippen molar-refractivity contribution in [1.29, 1.82) is 0 Å². The van der Waals surface area contributed by atoms with Crippen LogP contribution in [0.4, 0.5) is 0 Å². The maximum absolute atomic E-state index is 5.75. The molecule has 5 nitrogen and oxygen atoms in total. The summed E-state index contributed by atoms with van der Waals surface area (Å²) in [6.45, 7) is 8.47. The second kappa shape index (κ2) is 14.4. The third-order valence-corrected chi connectivity index (χ3v) is 3.86. The molecule has 1 aliphatic heterocycles. The van der Waals surface area contributed by atoms with Crippen LogP contribution >= 0.6 is 0 Å². The van der Waals surface area contributed by atoms with E-state index >= 15 is 0 Å². The summed E-state index contributed by atoms with van der Waals surface area (Å²) in [6.07, 6.45) is 4.38.